The molecular weight excluding hydrogens is 328 g/mol. The maximum Gasteiger partial charge on any atom is 0.156 e. The molecule has 0 spiro atoms. The number of rotatable bonds is 3. The van der Waals surface area contributed by atoms with Gasteiger partial charge in [0.1, 0.15) is 5.82 Å². The van der Waals surface area contributed by atoms with E-state index in [2.05, 4.69) is 20.1 Å². The molecule has 0 aromatic carbocycles. The Hall–Kier alpha value is -3.26. The standard InChI is InChI=1S/C18H18N8/c1-24-9-13(8-21-24)15-5-16-12(6-20-15)7-22-26(16)18-4-2-3-17(23-18)25-10-14(19)11-25/h2-9,14H,10-11,19H2,1H3. The van der Waals surface area contributed by atoms with Gasteiger partial charge < -0.3 is 10.6 Å². The molecule has 2 N–H and O–H groups in total. The zero-order valence-electron chi connectivity index (χ0n) is 14.3. The van der Waals surface area contributed by atoms with Gasteiger partial charge in [-0.2, -0.15) is 10.2 Å². The second kappa shape index (κ2) is 5.63. The van der Waals surface area contributed by atoms with Crippen molar-refractivity contribution in [1.29, 1.82) is 0 Å². The van der Waals surface area contributed by atoms with Crippen molar-refractivity contribution in [2.45, 2.75) is 6.04 Å². The molecule has 1 aliphatic rings. The topological polar surface area (TPSA) is 90.7 Å². The molecule has 0 unspecified atom stereocenters. The Labute approximate surface area is 149 Å². The first-order valence-electron chi connectivity index (χ1n) is 8.48. The van der Waals surface area contributed by atoms with Crippen LogP contribution in [0.5, 0.6) is 0 Å². The fourth-order valence-corrected chi connectivity index (χ4v) is 3.22. The summed E-state index contributed by atoms with van der Waals surface area (Å²) in [6.45, 7) is 1.68. The summed E-state index contributed by atoms with van der Waals surface area (Å²) in [6.07, 6.45) is 7.39. The molecule has 4 aromatic rings. The molecule has 1 saturated heterocycles. The second-order valence-electron chi connectivity index (χ2n) is 6.61. The van der Waals surface area contributed by atoms with E-state index >= 15 is 0 Å². The van der Waals surface area contributed by atoms with Crippen LogP contribution in [0.25, 0.3) is 28.0 Å². The molecule has 0 bridgehead atoms. The molecule has 1 fully saturated rings. The molecule has 8 heteroatoms. The Balaban J connectivity index is 1.57. The highest BCUT2D eigenvalue weighted by Gasteiger charge is 2.24. The van der Waals surface area contributed by atoms with E-state index < -0.39 is 0 Å². The number of aryl methyl sites for hydroxylation is 1. The highest BCUT2D eigenvalue weighted by molar-refractivity contribution is 5.83. The fourth-order valence-electron chi connectivity index (χ4n) is 3.22. The summed E-state index contributed by atoms with van der Waals surface area (Å²) in [5, 5.41) is 9.70. The predicted molar refractivity (Wildman–Crippen MR) is 99.1 cm³/mol. The molecule has 8 nitrogen and oxygen atoms in total. The molecule has 130 valence electrons. The zero-order valence-corrected chi connectivity index (χ0v) is 14.3. The summed E-state index contributed by atoms with van der Waals surface area (Å²) in [5.41, 5.74) is 8.68. The number of fused-ring (bicyclic) bond motifs is 1. The van der Waals surface area contributed by atoms with E-state index in [1.807, 2.05) is 54.6 Å². The van der Waals surface area contributed by atoms with Crippen molar-refractivity contribution in [1.82, 2.24) is 29.5 Å². The number of hydrogen-bond acceptors (Lipinski definition) is 6. The normalized spacial score (nSPS) is 14.8. The maximum absolute atomic E-state index is 5.89. The van der Waals surface area contributed by atoms with Gasteiger partial charge in [-0.05, 0) is 18.2 Å². The highest BCUT2D eigenvalue weighted by atomic mass is 15.3. The van der Waals surface area contributed by atoms with Crippen LogP contribution in [0.2, 0.25) is 0 Å². The third-order valence-corrected chi connectivity index (χ3v) is 4.62. The Bertz CT molecular complexity index is 1090. The number of nitrogens with two attached hydrogens (primary N) is 1. The van der Waals surface area contributed by atoms with Crippen LogP contribution in [-0.2, 0) is 7.05 Å². The van der Waals surface area contributed by atoms with Gasteiger partial charge in [-0.25, -0.2) is 9.67 Å². The van der Waals surface area contributed by atoms with Crippen LogP contribution >= 0.6 is 0 Å². The van der Waals surface area contributed by atoms with E-state index in [-0.39, 0.29) is 6.04 Å². The molecule has 0 aliphatic carbocycles. The van der Waals surface area contributed by atoms with E-state index in [1.165, 1.54) is 0 Å². The quantitative estimate of drug-likeness (QED) is 0.602. The largest absolute Gasteiger partial charge is 0.353 e. The summed E-state index contributed by atoms with van der Waals surface area (Å²) >= 11 is 0. The van der Waals surface area contributed by atoms with Gasteiger partial charge >= 0.3 is 0 Å². The number of anilines is 1. The lowest BCUT2D eigenvalue weighted by atomic mass is 10.1. The minimum atomic E-state index is 0.235. The van der Waals surface area contributed by atoms with Crippen LogP contribution in [-0.4, -0.2) is 48.7 Å². The summed E-state index contributed by atoms with van der Waals surface area (Å²) in [5.74, 6) is 1.70. The van der Waals surface area contributed by atoms with E-state index in [9.17, 15) is 0 Å². The smallest absolute Gasteiger partial charge is 0.156 e. The minimum absolute atomic E-state index is 0.235. The first-order chi connectivity index (χ1) is 12.7. The fraction of sp³-hybridized carbons (Fsp3) is 0.222. The molecule has 1 aliphatic heterocycles. The Morgan fingerprint density at radius 2 is 1.92 bits per heavy atom. The Kier molecular flexibility index (Phi) is 3.26. The second-order valence-corrected chi connectivity index (χ2v) is 6.61. The van der Waals surface area contributed by atoms with Gasteiger partial charge in [0.15, 0.2) is 5.82 Å². The lowest BCUT2D eigenvalue weighted by molar-refractivity contribution is 0.514. The van der Waals surface area contributed by atoms with Gasteiger partial charge in [0.25, 0.3) is 0 Å². The first kappa shape index (κ1) is 15.0. The van der Waals surface area contributed by atoms with Crippen LogP contribution in [0.3, 0.4) is 0 Å². The van der Waals surface area contributed by atoms with E-state index in [0.717, 1.165) is 46.9 Å². The summed E-state index contributed by atoms with van der Waals surface area (Å²) in [6, 6.07) is 8.22. The highest BCUT2D eigenvalue weighted by Crippen LogP contribution is 2.24. The van der Waals surface area contributed by atoms with Crippen molar-refractivity contribution >= 4 is 16.7 Å². The van der Waals surface area contributed by atoms with Crippen LogP contribution < -0.4 is 10.6 Å². The molecule has 0 radical (unpaired) electrons. The Morgan fingerprint density at radius 3 is 2.69 bits per heavy atom. The van der Waals surface area contributed by atoms with Crippen molar-refractivity contribution in [3.63, 3.8) is 0 Å². The third kappa shape index (κ3) is 2.42. The van der Waals surface area contributed by atoms with E-state index in [0.29, 0.717) is 0 Å². The van der Waals surface area contributed by atoms with Gasteiger partial charge in [0, 0.05) is 49.5 Å². The lowest BCUT2D eigenvalue weighted by Gasteiger charge is -2.37. The van der Waals surface area contributed by atoms with Crippen molar-refractivity contribution in [3.8, 4) is 17.1 Å². The summed E-state index contributed by atoms with van der Waals surface area (Å²) in [7, 11) is 1.89. The molecule has 26 heavy (non-hydrogen) atoms. The minimum Gasteiger partial charge on any atom is -0.353 e. The van der Waals surface area contributed by atoms with Gasteiger partial charge in [0.05, 0.1) is 23.6 Å². The number of pyridine rings is 2. The number of hydrogen-bond donors (Lipinski definition) is 1. The average Bonchev–Trinajstić information content (AvgIpc) is 3.24. The first-order valence-corrected chi connectivity index (χ1v) is 8.48. The molecule has 0 saturated carbocycles. The van der Waals surface area contributed by atoms with E-state index in [4.69, 9.17) is 10.7 Å². The van der Waals surface area contributed by atoms with Gasteiger partial charge in [0.2, 0.25) is 0 Å². The SMILES string of the molecule is Cn1cc(-c2cc3c(cn2)cnn3-c2cccc(N3CC(N)C3)n2)cn1. The molecule has 0 amide bonds. The predicted octanol–water partition coefficient (Wildman–Crippen LogP) is 1.36. The summed E-state index contributed by atoms with van der Waals surface area (Å²) in [4.78, 5) is 11.5. The summed E-state index contributed by atoms with van der Waals surface area (Å²) < 4.78 is 3.61. The third-order valence-electron chi connectivity index (χ3n) is 4.62. The maximum atomic E-state index is 5.89. The van der Waals surface area contributed by atoms with E-state index in [1.54, 1.807) is 10.9 Å². The van der Waals surface area contributed by atoms with Crippen molar-refractivity contribution < 1.29 is 0 Å². The average molecular weight is 346 g/mol. The van der Waals surface area contributed by atoms with Crippen LogP contribution in [0, 0.1) is 0 Å². The molecular formula is C18H18N8. The number of aromatic nitrogens is 6. The van der Waals surface area contributed by atoms with Crippen molar-refractivity contribution in [3.05, 3.63) is 49.1 Å². The van der Waals surface area contributed by atoms with Gasteiger partial charge in [-0.1, -0.05) is 6.07 Å². The number of nitrogens with zero attached hydrogens (tertiary/aromatic N) is 7. The van der Waals surface area contributed by atoms with Crippen molar-refractivity contribution in [2.75, 3.05) is 18.0 Å². The van der Waals surface area contributed by atoms with Crippen LogP contribution in [0.15, 0.2) is 49.1 Å². The van der Waals surface area contributed by atoms with Crippen LogP contribution in [0.1, 0.15) is 0 Å². The van der Waals surface area contributed by atoms with Crippen molar-refractivity contribution in [2.24, 2.45) is 12.8 Å². The molecule has 0 atom stereocenters. The van der Waals surface area contributed by atoms with Gasteiger partial charge in [-0.3, -0.25) is 9.67 Å². The zero-order chi connectivity index (χ0) is 17.7. The Morgan fingerprint density at radius 1 is 1.08 bits per heavy atom. The molecule has 5 rings (SSSR count). The van der Waals surface area contributed by atoms with Gasteiger partial charge in [-0.15, -0.1) is 0 Å². The molecule has 4 aromatic heterocycles. The monoisotopic (exact) mass is 346 g/mol. The lowest BCUT2D eigenvalue weighted by Crippen LogP contribution is -2.56. The van der Waals surface area contributed by atoms with Crippen LogP contribution in [0.4, 0.5) is 5.82 Å². The molecule has 5 heterocycles.